The summed E-state index contributed by atoms with van der Waals surface area (Å²) in [5.41, 5.74) is 0. The molecule has 1 aromatic heterocycles. The van der Waals surface area contributed by atoms with Crippen LogP contribution in [0.3, 0.4) is 0 Å². The van der Waals surface area contributed by atoms with Crippen molar-refractivity contribution in [3.05, 3.63) is 22.4 Å². The van der Waals surface area contributed by atoms with Crippen molar-refractivity contribution in [2.75, 3.05) is 13.2 Å². The molecule has 0 saturated carbocycles. The van der Waals surface area contributed by atoms with Crippen molar-refractivity contribution in [1.29, 1.82) is 0 Å². The number of rotatable bonds is 3. The molecule has 2 heterocycles. The normalized spacial score (nSPS) is 19.6. The molecule has 1 unspecified atom stereocenters. The first kappa shape index (κ1) is 13.1. The summed E-state index contributed by atoms with van der Waals surface area (Å²) in [5.74, 6) is -0.505. The molecule has 1 saturated heterocycles. The summed E-state index contributed by atoms with van der Waals surface area (Å²) in [7, 11) is 0. The van der Waals surface area contributed by atoms with E-state index in [2.05, 4.69) is 0 Å². The van der Waals surface area contributed by atoms with Gasteiger partial charge in [-0.3, -0.25) is 4.79 Å². The summed E-state index contributed by atoms with van der Waals surface area (Å²) < 4.78 is 5.03. The smallest absolute Gasteiger partial charge is 0.348 e. The van der Waals surface area contributed by atoms with Gasteiger partial charge in [0.25, 0.3) is 5.91 Å². The topological polar surface area (TPSA) is 46.6 Å². The second-order valence-corrected chi connectivity index (χ2v) is 5.43. The highest BCUT2D eigenvalue weighted by molar-refractivity contribution is 7.11. The van der Waals surface area contributed by atoms with Crippen molar-refractivity contribution in [1.82, 2.24) is 4.90 Å². The molecular formula is C13H17NO3S. The number of likely N-dealkylation sites (tertiary alicyclic amines) is 1. The van der Waals surface area contributed by atoms with E-state index < -0.39 is 5.97 Å². The van der Waals surface area contributed by atoms with Gasteiger partial charge in [-0.05, 0) is 37.6 Å². The standard InChI is InChI=1S/C13H17NO3S/c1-10-5-2-3-7-14(10)12(15)9-17-13(16)11-6-4-8-18-11/h4,6,8,10H,2-3,5,7,9H2,1H3. The Hall–Kier alpha value is -1.36. The molecule has 4 nitrogen and oxygen atoms in total. The molecule has 1 fully saturated rings. The van der Waals surface area contributed by atoms with E-state index in [1.165, 1.54) is 17.8 Å². The van der Waals surface area contributed by atoms with Gasteiger partial charge >= 0.3 is 5.97 Å². The number of ether oxygens (including phenoxy) is 1. The maximum Gasteiger partial charge on any atom is 0.348 e. The molecule has 1 aromatic rings. The Balaban J connectivity index is 1.82. The minimum atomic E-state index is -0.414. The van der Waals surface area contributed by atoms with E-state index in [9.17, 15) is 9.59 Å². The molecule has 1 aliphatic heterocycles. The summed E-state index contributed by atoms with van der Waals surface area (Å²) in [6.45, 7) is 2.66. The van der Waals surface area contributed by atoms with Crippen molar-refractivity contribution >= 4 is 23.2 Å². The van der Waals surface area contributed by atoms with Crippen molar-refractivity contribution in [3.63, 3.8) is 0 Å². The maximum absolute atomic E-state index is 11.9. The van der Waals surface area contributed by atoms with Crippen molar-refractivity contribution in [2.24, 2.45) is 0 Å². The molecule has 0 spiro atoms. The Kier molecular flexibility index (Phi) is 4.36. The lowest BCUT2D eigenvalue weighted by molar-refractivity contribution is -0.137. The number of esters is 1. The second-order valence-electron chi connectivity index (χ2n) is 4.49. The lowest BCUT2D eigenvalue weighted by Crippen LogP contribution is -2.44. The van der Waals surface area contributed by atoms with E-state index in [0.717, 1.165) is 19.4 Å². The third-order valence-electron chi connectivity index (χ3n) is 3.17. The molecule has 2 rings (SSSR count). The first-order valence-electron chi connectivity index (χ1n) is 6.18. The average Bonchev–Trinajstić information content (AvgIpc) is 2.90. The van der Waals surface area contributed by atoms with Crippen molar-refractivity contribution in [3.8, 4) is 0 Å². The van der Waals surface area contributed by atoms with Gasteiger partial charge in [0.2, 0.25) is 0 Å². The first-order chi connectivity index (χ1) is 8.68. The number of hydrogen-bond donors (Lipinski definition) is 0. The van der Waals surface area contributed by atoms with E-state index in [1.807, 2.05) is 17.2 Å². The second kappa shape index (κ2) is 6.00. The molecule has 1 atom stereocenters. The third-order valence-corrected chi connectivity index (χ3v) is 4.02. The molecule has 98 valence electrons. The Morgan fingerprint density at radius 1 is 1.50 bits per heavy atom. The Labute approximate surface area is 111 Å². The molecule has 1 aliphatic rings. The van der Waals surface area contributed by atoms with Crippen LogP contribution in [0.4, 0.5) is 0 Å². The van der Waals surface area contributed by atoms with Gasteiger partial charge in [-0.15, -0.1) is 11.3 Å². The van der Waals surface area contributed by atoms with Crippen LogP contribution in [0.25, 0.3) is 0 Å². The lowest BCUT2D eigenvalue weighted by Gasteiger charge is -2.33. The monoisotopic (exact) mass is 267 g/mol. The summed E-state index contributed by atoms with van der Waals surface area (Å²) in [6.07, 6.45) is 3.24. The van der Waals surface area contributed by atoms with Crippen LogP contribution in [0.2, 0.25) is 0 Å². The Morgan fingerprint density at radius 3 is 3.00 bits per heavy atom. The van der Waals surface area contributed by atoms with Crippen molar-refractivity contribution < 1.29 is 14.3 Å². The van der Waals surface area contributed by atoms with Crippen LogP contribution in [-0.2, 0) is 9.53 Å². The highest BCUT2D eigenvalue weighted by Gasteiger charge is 2.24. The van der Waals surface area contributed by atoms with Crippen LogP contribution < -0.4 is 0 Å². The Bertz CT molecular complexity index is 416. The molecule has 1 amide bonds. The predicted molar refractivity (Wildman–Crippen MR) is 69.6 cm³/mol. The number of carbonyl (C=O) groups excluding carboxylic acids is 2. The molecule has 5 heteroatoms. The number of amides is 1. The number of nitrogens with zero attached hydrogens (tertiary/aromatic N) is 1. The molecule has 0 aliphatic carbocycles. The molecular weight excluding hydrogens is 250 g/mol. The Morgan fingerprint density at radius 2 is 2.33 bits per heavy atom. The number of thiophene rings is 1. The van der Waals surface area contributed by atoms with Crippen LogP contribution in [-0.4, -0.2) is 36.0 Å². The molecule has 18 heavy (non-hydrogen) atoms. The van der Waals surface area contributed by atoms with E-state index in [4.69, 9.17) is 4.74 Å². The van der Waals surface area contributed by atoms with Gasteiger partial charge in [0.1, 0.15) is 4.88 Å². The predicted octanol–water partition coefficient (Wildman–Crippen LogP) is 2.31. The van der Waals surface area contributed by atoms with Gasteiger partial charge in [-0.2, -0.15) is 0 Å². The highest BCUT2D eigenvalue weighted by Crippen LogP contribution is 2.16. The quantitative estimate of drug-likeness (QED) is 0.789. The van der Waals surface area contributed by atoms with Crippen LogP contribution in [0.5, 0.6) is 0 Å². The zero-order chi connectivity index (χ0) is 13.0. The molecule has 0 bridgehead atoms. The summed E-state index contributed by atoms with van der Waals surface area (Å²) in [6, 6.07) is 3.74. The highest BCUT2D eigenvalue weighted by atomic mass is 32.1. The van der Waals surface area contributed by atoms with Crippen LogP contribution in [0, 0.1) is 0 Å². The SMILES string of the molecule is CC1CCCCN1C(=O)COC(=O)c1cccs1. The number of hydrogen-bond acceptors (Lipinski definition) is 4. The molecule has 0 aromatic carbocycles. The van der Waals surface area contributed by atoms with Crippen LogP contribution >= 0.6 is 11.3 Å². The summed E-state index contributed by atoms with van der Waals surface area (Å²) in [5, 5.41) is 1.81. The van der Waals surface area contributed by atoms with E-state index in [-0.39, 0.29) is 18.6 Å². The minimum Gasteiger partial charge on any atom is -0.451 e. The fraction of sp³-hybridized carbons (Fsp3) is 0.538. The van der Waals surface area contributed by atoms with Gasteiger partial charge < -0.3 is 9.64 Å². The van der Waals surface area contributed by atoms with Gasteiger partial charge in [0, 0.05) is 12.6 Å². The van der Waals surface area contributed by atoms with Crippen LogP contribution in [0.1, 0.15) is 35.9 Å². The summed E-state index contributed by atoms with van der Waals surface area (Å²) >= 11 is 1.32. The number of piperidine rings is 1. The van der Waals surface area contributed by atoms with E-state index in [0.29, 0.717) is 4.88 Å². The zero-order valence-electron chi connectivity index (χ0n) is 10.4. The van der Waals surface area contributed by atoms with Crippen molar-refractivity contribution in [2.45, 2.75) is 32.2 Å². The van der Waals surface area contributed by atoms with Gasteiger partial charge in [0.05, 0.1) is 0 Å². The average molecular weight is 267 g/mol. The minimum absolute atomic E-state index is 0.0906. The fourth-order valence-corrected chi connectivity index (χ4v) is 2.76. The van der Waals surface area contributed by atoms with Crippen LogP contribution in [0.15, 0.2) is 17.5 Å². The number of carbonyl (C=O) groups is 2. The first-order valence-corrected chi connectivity index (χ1v) is 7.06. The lowest BCUT2D eigenvalue weighted by atomic mass is 10.0. The zero-order valence-corrected chi connectivity index (χ0v) is 11.2. The van der Waals surface area contributed by atoms with Gasteiger partial charge in [-0.25, -0.2) is 4.79 Å². The van der Waals surface area contributed by atoms with Gasteiger partial charge in [-0.1, -0.05) is 6.07 Å². The molecule has 0 radical (unpaired) electrons. The van der Waals surface area contributed by atoms with Gasteiger partial charge in [0.15, 0.2) is 6.61 Å². The molecule has 0 N–H and O–H groups in total. The fourth-order valence-electron chi connectivity index (χ4n) is 2.14. The largest absolute Gasteiger partial charge is 0.451 e. The maximum atomic E-state index is 11.9. The van der Waals surface area contributed by atoms with E-state index >= 15 is 0 Å². The third kappa shape index (κ3) is 3.10. The summed E-state index contributed by atoms with van der Waals surface area (Å²) in [4.78, 5) is 25.9. The van der Waals surface area contributed by atoms with E-state index in [1.54, 1.807) is 12.1 Å².